The summed E-state index contributed by atoms with van der Waals surface area (Å²) in [7, 11) is -2.36. The van der Waals surface area contributed by atoms with E-state index >= 15 is 0 Å². The highest BCUT2D eigenvalue weighted by Gasteiger charge is 2.16. The summed E-state index contributed by atoms with van der Waals surface area (Å²) < 4.78 is 28.2. The lowest BCUT2D eigenvalue weighted by Gasteiger charge is -2.08. The third-order valence-corrected chi connectivity index (χ3v) is 2.56. The number of nitrogens with one attached hydrogen (secondary N) is 1. The molecule has 64 valence electrons. The first-order valence-electron chi connectivity index (χ1n) is 3.38. The van der Waals surface area contributed by atoms with E-state index in [1.54, 1.807) is 0 Å². The van der Waals surface area contributed by atoms with Crippen LogP contribution in [0.1, 0.15) is 12.8 Å². The van der Waals surface area contributed by atoms with E-state index in [0.717, 1.165) is 20.0 Å². The maximum absolute atomic E-state index is 10.8. The van der Waals surface area contributed by atoms with Crippen LogP contribution >= 0.6 is 0 Å². The first-order valence-corrected chi connectivity index (χ1v) is 4.79. The third kappa shape index (κ3) is 2.61. The zero-order chi connectivity index (χ0) is 8.32. The number of hydrogen-bond acceptors (Lipinski definition) is 3. The van der Waals surface area contributed by atoms with Gasteiger partial charge in [0, 0.05) is 6.04 Å². The van der Waals surface area contributed by atoms with Gasteiger partial charge in [-0.3, -0.25) is 4.18 Å². The van der Waals surface area contributed by atoms with Gasteiger partial charge in [-0.1, -0.05) is 12.2 Å². The van der Waals surface area contributed by atoms with E-state index in [2.05, 4.69) is 8.91 Å². The lowest BCUT2D eigenvalue weighted by Crippen LogP contribution is -2.32. The van der Waals surface area contributed by atoms with Gasteiger partial charge in [0.2, 0.25) is 0 Å². The van der Waals surface area contributed by atoms with Crippen molar-refractivity contribution in [3.05, 3.63) is 12.2 Å². The smallest absolute Gasteiger partial charge is 0.261 e. The van der Waals surface area contributed by atoms with E-state index in [1.165, 1.54) is 0 Å². The van der Waals surface area contributed by atoms with Crippen molar-refractivity contribution in [3.8, 4) is 0 Å². The predicted molar refractivity (Wildman–Crippen MR) is 41.2 cm³/mol. The van der Waals surface area contributed by atoms with E-state index in [0.29, 0.717) is 0 Å². The molecule has 0 spiro atoms. The summed E-state index contributed by atoms with van der Waals surface area (Å²) in [6, 6.07) is -0.0834. The van der Waals surface area contributed by atoms with Crippen molar-refractivity contribution in [1.82, 2.24) is 4.72 Å². The number of hydrogen-bond donors (Lipinski definition) is 1. The molecule has 1 aliphatic rings. The number of rotatable bonds is 3. The Kier molecular flexibility index (Phi) is 2.64. The fraction of sp³-hybridized carbons (Fsp3) is 0.667. The van der Waals surface area contributed by atoms with E-state index in [-0.39, 0.29) is 6.04 Å². The van der Waals surface area contributed by atoms with Crippen LogP contribution in [0.4, 0.5) is 0 Å². The summed E-state index contributed by atoms with van der Waals surface area (Å²) >= 11 is 0. The molecule has 0 bridgehead atoms. The summed E-state index contributed by atoms with van der Waals surface area (Å²) in [5.74, 6) is 0. The molecule has 0 aromatic rings. The van der Waals surface area contributed by atoms with Crippen molar-refractivity contribution < 1.29 is 12.6 Å². The molecule has 1 rings (SSSR count). The number of allylic oxidation sites excluding steroid dienone is 1. The summed E-state index contributed by atoms with van der Waals surface area (Å²) in [5, 5.41) is 0. The minimum atomic E-state index is -3.50. The molecule has 1 N–H and O–H groups in total. The molecule has 0 heterocycles. The Morgan fingerprint density at radius 3 is 2.82 bits per heavy atom. The fourth-order valence-electron chi connectivity index (χ4n) is 0.964. The van der Waals surface area contributed by atoms with Crippen LogP contribution in [0.25, 0.3) is 0 Å². The van der Waals surface area contributed by atoms with Crippen molar-refractivity contribution in [3.63, 3.8) is 0 Å². The molecule has 0 amide bonds. The Morgan fingerprint density at radius 2 is 2.36 bits per heavy atom. The van der Waals surface area contributed by atoms with Gasteiger partial charge in [0.05, 0.1) is 7.11 Å². The molecule has 0 aromatic carbocycles. The van der Waals surface area contributed by atoms with Crippen LogP contribution in [-0.4, -0.2) is 21.6 Å². The van der Waals surface area contributed by atoms with Gasteiger partial charge in [-0.25, -0.2) is 0 Å². The molecule has 0 aromatic heterocycles. The van der Waals surface area contributed by atoms with Crippen molar-refractivity contribution in [2.24, 2.45) is 0 Å². The zero-order valence-electron chi connectivity index (χ0n) is 6.28. The SMILES string of the molecule is COS(=O)(=O)NC1C=CCC1. The maximum atomic E-state index is 10.8. The summed E-state index contributed by atoms with van der Waals surface area (Å²) in [4.78, 5) is 0. The van der Waals surface area contributed by atoms with Crippen molar-refractivity contribution in [1.29, 1.82) is 0 Å². The minimum absolute atomic E-state index is 0.0834. The van der Waals surface area contributed by atoms with Crippen LogP contribution in [-0.2, 0) is 14.5 Å². The molecular formula is C6H11NO3S. The molecule has 0 radical (unpaired) electrons. The van der Waals surface area contributed by atoms with Gasteiger partial charge in [-0.05, 0) is 12.8 Å². The second kappa shape index (κ2) is 3.34. The van der Waals surface area contributed by atoms with Crippen molar-refractivity contribution in [2.45, 2.75) is 18.9 Å². The average molecular weight is 177 g/mol. The zero-order valence-corrected chi connectivity index (χ0v) is 7.10. The lowest BCUT2D eigenvalue weighted by molar-refractivity contribution is 0.383. The molecule has 1 unspecified atom stereocenters. The van der Waals surface area contributed by atoms with E-state index in [1.807, 2.05) is 12.2 Å². The summed E-state index contributed by atoms with van der Waals surface area (Å²) in [6.07, 6.45) is 5.53. The normalized spacial score (nSPS) is 24.3. The Hall–Kier alpha value is -0.390. The topological polar surface area (TPSA) is 55.4 Å². The minimum Gasteiger partial charge on any atom is -0.261 e. The van der Waals surface area contributed by atoms with Crippen LogP contribution < -0.4 is 4.72 Å². The van der Waals surface area contributed by atoms with Crippen LogP contribution in [0, 0.1) is 0 Å². The molecule has 1 aliphatic carbocycles. The highest BCUT2D eigenvalue weighted by atomic mass is 32.2. The molecule has 5 heteroatoms. The highest BCUT2D eigenvalue weighted by Crippen LogP contribution is 2.09. The van der Waals surface area contributed by atoms with E-state index in [9.17, 15) is 8.42 Å². The Morgan fingerprint density at radius 1 is 1.64 bits per heavy atom. The standard InChI is InChI=1S/C6H11NO3S/c1-10-11(8,9)7-6-4-2-3-5-6/h2,4,6-7H,3,5H2,1H3. The van der Waals surface area contributed by atoms with Crippen molar-refractivity contribution >= 4 is 10.3 Å². The quantitative estimate of drug-likeness (QED) is 0.626. The average Bonchev–Trinajstić information content (AvgIpc) is 2.39. The van der Waals surface area contributed by atoms with Gasteiger partial charge in [0.1, 0.15) is 0 Å². The van der Waals surface area contributed by atoms with Crippen LogP contribution in [0.15, 0.2) is 12.2 Å². The van der Waals surface area contributed by atoms with Gasteiger partial charge >= 0.3 is 10.3 Å². The molecule has 4 nitrogen and oxygen atoms in total. The first-order chi connectivity index (χ1) is 5.14. The highest BCUT2D eigenvalue weighted by molar-refractivity contribution is 7.84. The Bertz CT molecular complexity index is 245. The second-order valence-corrected chi connectivity index (χ2v) is 3.83. The van der Waals surface area contributed by atoms with Gasteiger partial charge in [0.15, 0.2) is 0 Å². The predicted octanol–water partition coefficient (Wildman–Crippen LogP) is 0.186. The Labute approximate surface area is 66.5 Å². The maximum Gasteiger partial charge on any atom is 0.336 e. The molecule has 0 saturated carbocycles. The van der Waals surface area contributed by atoms with Gasteiger partial charge in [0.25, 0.3) is 0 Å². The molecular weight excluding hydrogens is 166 g/mol. The van der Waals surface area contributed by atoms with Gasteiger partial charge in [-0.15, -0.1) is 0 Å². The molecule has 11 heavy (non-hydrogen) atoms. The lowest BCUT2D eigenvalue weighted by atomic mass is 10.3. The van der Waals surface area contributed by atoms with E-state index in [4.69, 9.17) is 0 Å². The van der Waals surface area contributed by atoms with Gasteiger partial charge < -0.3 is 0 Å². The van der Waals surface area contributed by atoms with Crippen LogP contribution in [0.3, 0.4) is 0 Å². The molecule has 0 fully saturated rings. The fourth-order valence-corrected chi connectivity index (χ4v) is 1.63. The molecule has 1 atom stereocenters. The Balaban J connectivity index is 2.48. The second-order valence-electron chi connectivity index (χ2n) is 2.35. The van der Waals surface area contributed by atoms with E-state index < -0.39 is 10.3 Å². The monoisotopic (exact) mass is 177 g/mol. The summed E-state index contributed by atoms with van der Waals surface area (Å²) in [6.45, 7) is 0. The summed E-state index contributed by atoms with van der Waals surface area (Å²) in [5.41, 5.74) is 0. The van der Waals surface area contributed by atoms with Gasteiger partial charge in [-0.2, -0.15) is 13.1 Å². The van der Waals surface area contributed by atoms with Crippen LogP contribution in [0.2, 0.25) is 0 Å². The van der Waals surface area contributed by atoms with Crippen molar-refractivity contribution in [2.75, 3.05) is 7.11 Å². The molecule has 0 aliphatic heterocycles. The third-order valence-electron chi connectivity index (χ3n) is 1.53. The largest absolute Gasteiger partial charge is 0.336 e. The van der Waals surface area contributed by atoms with Crippen LogP contribution in [0.5, 0.6) is 0 Å². The first kappa shape index (κ1) is 8.70. The molecule has 0 saturated heterocycles.